The fraction of sp³-hybridized carbons (Fsp3) is 0.292. The van der Waals surface area contributed by atoms with Crippen molar-refractivity contribution in [3.05, 3.63) is 64.5 Å². The van der Waals surface area contributed by atoms with Gasteiger partial charge in [-0.05, 0) is 43.5 Å². The molecule has 1 saturated heterocycles. The van der Waals surface area contributed by atoms with Crippen LogP contribution in [-0.4, -0.2) is 46.6 Å². The summed E-state index contributed by atoms with van der Waals surface area (Å²) in [6.45, 7) is 5.48. The van der Waals surface area contributed by atoms with E-state index >= 15 is 4.39 Å². The van der Waals surface area contributed by atoms with Crippen LogP contribution in [0.1, 0.15) is 25.0 Å². The van der Waals surface area contributed by atoms with Crippen LogP contribution in [0.4, 0.5) is 16.0 Å². The number of nitrogens with zero attached hydrogens (tertiary/aromatic N) is 4. The Balaban J connectivity index is 1.44. The molecule has 0 atom stereocenters. The predicted molar refractivity (Wildman–Crippen MR) is 123 cm³/mol. The van der Waals surface area contributed by atoms with E-state index in [-0.39, 0.29) is 17.9 Å². The van der Waals surface area contributed by atoms with Crippen LogP contribution in [0.15, 0.2) is 52.6 Å². The quantitative estimate of drug-likeness (QED) is 0.745. The number of hydrogen-bond acceptors (Lipinski definition) is 7. The first-order valence-electron chi connectivity index (χ1n) is 10.6. The van der Waals surface area contributed by atoms with Crippen molar-refractivity contribution in [3.63, 3.8) is 0 Å². The highest BCUT2D eigenvalue weighted by Crippen LogP contribution is 2.34. The van der Waals surface area contributed by atoms with E-state index in [1.165, 1.54) is 0 Å². The maximum Gasteiger partial charge on any atom is 0.326 e. The predicted octanol–water partition coefficient (Wildman–Crippen LogP) is 3.87. The van der Waals surface area contributed by atoms with Crippen LogP contribution in [-0.2, 0) is 6.42 Å². The van der Waals surface area contributed by atoms with Gasteiger partial charge in [0.1, 0.15) is 17.5 Å². The molecule has 0 bridgehead atoms. The number of nitrogens with one attached hydrogen (secondary N) is 1. The van der Waals surface area contributed by atoms with Gasteiger partial charge in [0.25, 0.3) is 0 Å². The number of aromatic nitrogens is 2. The molecule has 2 N–H and O–H groups in total. The zero-order chi connectivity index (χ0) is 22.2. The van der Waals surface area contributed by atoms with Crippen LogP contribution in [0.2, 0.25) is 0 Å². The van der Waals surface area contributed by atoms with Gasteiger partial charge in [0.15, 0.2) is 11.6 Å². The average Bonchev–Trinajstić information content (AvgIpc) is 3.34. The van der Waals surface area contributed by atoms with E-state index in [0.29, 0.717) is 42.7 Å². The Hall–Kier alpha value is -3.52. The van der Waals surface area contributed by atoms with Gasteiger partial charge in [-0.1, -0.05) is 29.9 Å². The number of rotatable bonds is 5. The Morgan fingerprint density at radius 3 is 2.88 bits per heavy atom. The number of β-amino-alcohol motifs (C(OH)–C–C–N with tert-alkyl or cyclic N) is 1. The molecule has 1 aliphatic carbocycles. The van der Waals surface area contributed by atoms with E-state index in [4.69, 9.17) is 4.74 Å². The lowest BCUT2D eigenvalue weighted by molar-refractivity contribution is 0.141. The molecule has 164 valence electrons. The van der Waals surface area contributed by atoms with Gasteiger partial charge in [0.2, 0.25) is 0 Å². The lowest BCUT2D eigenvalue weighted by atomic mass is 10.1. The Labute approximate surface area is 185 Å². The minimum absolute atomic E-state index is 0.0280. The zero-order valence-electron chi connectivity index (χ0n) is 18.0. The van der Waals surface area contributed by atoms with Gasteiger partial charge in [-0.2, -0.15) is 9.97 Å². The topological polar surface area (TPSA) is 82.9 Å². The first kappa shape index (κ1) is 20.4. The number of fused-ring (bicyclic) bond motifs is 1. The molecule has 1 aromatic carbocycles. The van der Waals surface area contributed by atoms with E-state index < -0.39 is 5.82 Å². The number of amidine groups is 1. The number of aliphatic imine (C=N–C) groups is 1. The molecule has 0 saturated carbocycles. The second-order valence-electron chi connectivity index (χ2n) is 8.22. The number of anilines is 2. The molecule has 0 spiro atoms. The highest BCUT2D eigenvalue weighted by Gasteiger charge is 2.27. The van der Waals surface area contributed by atoms with Gasteiger partial charge >= 0.3 is 6.01 Å². The second kappa shape index (κ2) is 8.20. The first-order valence-corrected chi connectivity index (χ1v) is 10.6. The Kier molecular flexibility index (Phi) is 5.22. The van der Waals surface area contributed by atoms with E-state index in [1.807, 2.05) is 49.1 Å². The van der Waals surface area contributed by atoms with Crippen molar-refractivity contribution in [3.8, 4) is 11.8 Å². The number of benzene rings is 1. The van der Waals surface area contributed by atoms with E-state index in [2.05, 4.69) is 20.3 Å². The highest BCUT2D eigenvalue weighted by molar-refractivity contribution is 6.05. The molecule has 8 heteroatoms. The molecule has 3 heterocycles. The fourth-order valence-corrected chi connectivity index (χ4v) is 3.99. The van der Waals surface area contributed by atoms with Gasteiger partial charge in [-0.3, -0.25) is 4.99 Å². The normalized spacial score (nSPS) is 17.8. The molecule has 0 radical (unpaired) electrons. The third-order valence-corrected chi connectivity index (χ3v) is 5.57. The second-order valence-corrected chi connectivity index (χ2v) is 8.22. The number of aliphatic hydroxyl groups is 1. The van der Waals surface area contributed by atoms with Crippen LogP contribution >= 0.6 is 0 Å². The molecule has 7 nitrogen and oxygen atoms in total. The molecule has 2 aliphatic heterocycles. The van der Waals surface area contributed by atoms with E-state index in [9.17, 15) is 5.11 Å². The number of hydrogen-bond donors (Lipinski definition) is 2. The lowest BCUT2D eigenvalue weighted by Gasteiger charge is -2.36. The van der Waals surface area contributed by atoms with Gasteiger partial charge < -0.3 is 20.1 Å². The summed E-state index contributed by atoms with van der Waals surface area (Å²) in [5.74, 6) is 1.43. The minimum atomic E-state index is -0.415. The summed E-state index contributed by atoms with van der Waals surface area (Å²) in [7, 11) is 0. The van der Waals surface area contributed by atoms with E-state index in [0.717, 1.165) is 23.1 Å². The van der Waals surface area contributed by atoms with Gasteiger partial charge in [-0.15, -0.1) is 0 Å². The van der Waals surface area contributed by atoms with Crippen molar-refractivity contribution in [2.45, 2.75) is 26.4 Å². The summed E-state index contributed by atoms with van der Waals surface area (Å²) >= 11 is 0. The Morgan fingerprint density at radius 2 is 2.09 bits per heavy atom. The van der Waals surface area contributed by atoms with Crippen LogP contribution in [0.5, 0.6) is 11.8 Å². The fourth-order valence-electron chi connectivity index (χ4n) is 3.99. The van der Waals surface area contributed by atoms with Crippen LogP contribution < -0.4 is 15.0 Å². The minimum Gasteiger partial charge on any atom is -0.421 e. The molecule has 32 heavy (non-hydrogen) atoms. The van der Waals surface area contributed by atoms with Crippen LogP contribution in [0.25, 0.3) is 6.08 Å². The molecular weight excluding hydrogens is 409 g/mol. The Bertz CT molecular complexity index is 1200. The molecule has 1 fully saturated rings. The summed E-state index contributed by atoms with van der Waals surface area (Å²) in [6, 6.07) is 5.29. The average molecular weight is 433 g/mol. The summed E-state index contributed by atoms with van der Waals surface area (Å²) in [5.41, 5.74) is 3.71. The summed E-state index contributed by atoms with van der Waals surface area (Å²) in [5, 5.41) is 12.9. The van der Waals surface area contributed by atoms with Crippen molar-refractivity contribution in [1.82, 2.24) is 9.97 Å². The monoisotopic (exact) mass is 433 g/mol. The number of halogens is 1. The van der Waals surface area contributed by atoms with Crippen LogP contribution in [0, 0.1) is 5.82 Å². The van der Waals surface area contributed by atoms with Gasteiger partial charge in [-0.25, -0.2) is 4.39 Å². The number of allylic oxidation sites excluding steroid dienone is 2. The number of aliphatic hydroxyl groups excluding tert-OH is 1. The maximum atomic E-state index is 15.0. The molecule has 2 aromatic rings. The van der Waals surface area contributed by atoms with Crippen molar-refractivity contribution >= 4 is 23.5 Å². The summed E-state index contributed by atoms with van der Waals surface area (Å²) in [6.07, 6.45) is 8.12. The largest absolute Gasteiger partial charge is 0.421 e. The third kappa shape index (κ3) is 4.01. The number of ether oxygens (including phenoxy) is 1. The van der Waals surface area contributed by atoms with Gasteiger partial charge in [0, 0.05) is 24.7 Å². The summed E-state index contributed by atoms with van der Waals surface area (Å²) < 4.78 is 20.8. The summed E-state index contributed by atoms with van der Waals surface area (Å²) in [4.78, 5) is 15.3. The van der Waals surface area contributed by atoms with Crippen LogP contribution in [0.3, 0.4) is 0 Å². The Morgan fingerprint density at radius 1 is 1.25 bits per heavy atom. The highest BCUT2D eigenvalue weighted by atomic mass is 19.1. The molecular formula is C24H24FN5O2. The molecule has 3 aliphatic rings. The molecule has 0 unspecified atom stereocenters. The lowest BCUT2D eigenvalue weighted by Crippen LogP contribution is -2.51. The van der Waals surface area contributed by atoms with Crippen molar-refractivity contribution in [1.29, 1.82) is 0 Å². The third-order valence-electron chi connectivity index (χ3n) is 5.57. The zero-order valence-corrected chi connectivity index (χ0v) is 18.0. The van der Waals surface area contributed by atoms with E-state index in [1.54, 1.807) is 12.1 Å². The van der Waals surface area contributed by atoms with Gasteiger partial charge in [0.05, 0.1) is 12.6 Å². The van der Waals surface area contributed by atoms with Crippen molar-refractivity contribution in [2.24, 2.45) is 4.99 Å². The van der Waals surface area contributed by atoms with Crippen molar-refractivity contribution in [2.75, 3.05) is 29.9 Å². The molecule has 5 rings (SSSR count). The van der Waals surface area contributed by atoms with Crippen molar-refractivity contribution < 1.29 is 14.2 Å². The molecule has 1 aromatic heterocycles. The maximum absolute atomic E-state index is 15.0. The SMILES string of the molecule is C/C=C/C1=CC(Nc2cc(N3CC(O)C3)nc(Oc3ccc4c(c3F)C=C(C)C4)n2)=NC1. The first-order chi connectivity index (χ1) is 15.5. The smallest absolute Gasteiger partial charge is 0.326 e. The molecule has 0 amide bonds. The standard InChI is InChI=1S/C24H24FN5O2/c1-3-4-15-9-20(26-11-15)27-21-10-22(30-12-17(31)13-30)29-24(28-21)32-19-6-5-16-7-14(2)8-18(16)23(19)25/h3-6,8-10,17,31H,7,11-13H2,1-2H3,(H,26,27,28,29)/b4-3+.